The molecule has 1 rings (SSSR count). The Labute approximate surface area is 123 Å². The van der Waals surface area contributed by atoms with Crippen LogP contribution in [0.3, 0.4) is 0 Å². The molecule has 102 valence electrons. The Kier molecular flexibility index (Phi) is 7.43. The van der Waals surface area contributed by atoms with Crippen LogP contribution in [0, 0.1) is 5.82 Å². The topological polar surface area (TPSA) is 0 Å². The van der Waals surface area contributed by atoms with Gasteiger partial charge in [0.15, 0.2) is 0 Å². The third kappa shape index (κ3) is 4.04. The quantitative estimate of drug-likeness (QED) is 0.477. The molecule has 0 aliphatic rings. The van der Waals surface area contributed by atoms with Crippen LogP contribution in [0.5, 0.6) is 0 Å². The van der Waals surface area contributed by atoms with E-state index in [1.807, 2.05) is 17.8 Å². The molecule has 1 aromatic carbocycles. The molecule has 0 heterocycles. The number of alkyl halides is 2. The van der Waals surface area contributed by atoms with Gasteiger partial charge in [0.25, 0.3) is 0 Å². The summed E-state index contributed by atoms with van der Waals surface area (Å²) in [6.07, 6.45) is 1.83. The van der Waals surface area contributed by atoms with Crippen LogP contribution in [0.15, 0.2) is 24.3 Å². The third-order valence-electron chi connectivity index (χ3n) is 3.10. The second kappa shape index (κ2) is 8.29. The van der Waals surface area contributed by atoms with Crippen LogP contribution in [0.1, 0.15) is 25.3 Å². The first-order valence-corrected chi connectivity index (χ1v) is 8.37. The van der Waals surface area contributed by atoms with Crippen molar-refractivity contribution in [3.05, 3.63) is 35.6 Å². The van der Waals surface area contributed by atoms with Gasteiger partial charge in [0, 0.05) is 17.2 Å². The van der Waals surface area contributed by atoms with Crippen LogP contribution in [-0.2, 0) is 5.41 Å². The molecule has 0 bridgehead atoms. The maximum atomic E-state index is 13.9. The maximum Gasteiger partial charge on any atom is 0.127 e. The van der Waals surface area contributed by atoms with Crippen molar-refractivity contribution in [2.45, 2.75) is 25.2 Å². The normalized spacial score (nSPS) is 11.8. The van der Waals surface area contributed by atoms with Gasteiger partial charge < -0.3 is 0 Å². The van der Waals surface area contributed by atoms with Gasteiger partial charge in [0.05, 0.1) is 0 Å². The monoisotopic (exact) mass is 308 g/mol. The Morgan fingerprint density at radius 3 is 2.44 bits per heavy atom. The highest BCUT2D eigenvalue weighted by atomic mass is 35.5. The largest absolute Gasteiger partial charge is 0.207 e. The Hall–Kier alpha value is 0.0800. The molecule has 0 aliphatic heterocycles. The molecule has 0 radical (unpaired) electrons. The third-order valence-corrected chi connectivity index (χ3v) is 5.11. The SMILES string of the molecule is CCSCCCC(CCl)(CCl)c1ccccc1F. The number of rotatable bonds is 8. The standard InChI is InChI=1S/C14H19Cl2FS/c1-2-18-9-5-8-14(10-15,11-16)12-6-3-4-7-13(12)17/h3-4,6-7H,2,5,8-11H2,1H3. The number of hydrogen-bond donors (Lipinski definition) is 0. The fourth-order valence-electron chi connectivity index (χ4n) is 2.00. The maximum absolute atomic E-state index is 13.9. The highest BCUT2D eigenvalue weighted by Crippen LogP contribution is 2.34. The van der Waals surface area contributed by atoms with E-state index < -0.39 is 5.41 Å². The van der Waals surface area contributed by atoms with E-state index >= 15 is 0 Å². The zero-order valence-electron chi connectivity index (χ0n) is 10.6. The number of thioether (sulfide) groups is 1. The first-order chi connectivity index (χ1) is 8.70. The second-order valence-corrected chi connectivity index (χ2v) is 6.26. The summed E-state index contributed by atoms with van der Waals surface area (Å²) in [7, 11) is 0. The van der Waals surface area contributed by atoms with Crippen molar-refractivity contribution in [3.63, 3.8) is 0 Å². The summed E-state index contributed by atoms with van der Waals surface area (Å²) in [5.74, 6) is 2.68. The van der Waals surface area contributed by atoms with E-state index in [4.69, 9.17) is 23.2 Å². The molecule has 0 fully saturated rings. The van der Waals surface area contributed by atoms with Gasteiger partial charge in [0.2, 0.25) is 0 Å². The van der Waals surface area contributed by atoms with Crippen LogP contribution in [0.2, 0.25) is 0 Å². The van der Waals surface area contributed by atoms with Gasteiger partial charge in [-0.15, -0.1) is 23.2 Å². The van der Waals surface area contributed by atoms with Gasteiger partial charge in [0.1, 0.15) is 5.82 Å². The van der Waals surface area contributed by atoms with Crippen LogP contribution in [0.4, 0.5) is 4.39 Å². The van der Waals surface area contributed by atoms with Crippen LogP contribution < -0.4 is 0 Å². The molecule has 0 aliphatic carbocycles. The fraction of sp³-hybridized carbons (Fsp3) is 0.571. The van der Waals surface area contributed by atoms with E-state index in [1.165, 1.54) is 6.07 Å². The summed E-state index contributed by atoms with van der Waals surface area (Å²) < 4.78 is 13.9. The van der Waals surface area contributed by atoms with Crippen molar-refractivity contribution >= 4 is 35.0 Å². The van der Waals surface area contributed by atoms with E-state index in [0.717, 1.165) is 24.3 Å². The van der Waals surface area contributed by atoms with Gasteiger partial charge in [-0.25, -0.2) is 4.39 Å². The molecule has 0 unspecified atom stereocenters. The van der Waals surface area contributed by atoms with Gasteiger partial charge >= 0.3 is 0 Å². The van der Waals surface area contributed by atoms with E-state index in [-0.39, 0.29) is 5.82 Å². The molecule has 0 saturated carbocycles. The molecule has 0 nitrogen and oxygen atoms in total. The Bertz CT molecular complexity index is 353. The number of benzene rings is 1. The lowest BCUT2D eigenvalue weighted by molar-refractivity contribution is 0.456. The molecular weight excluding hydrogens is 290 g/mol. The molecule has 0 aromatic heterocycles. The van der Waals surface area contributed by atoms with E-state index in [2.05, 4.69) is 6.92 Å². The summed E-state index contributed by atoms with van der Waals surface area (Å²) in [4.78, 5) is 0. The summed E-state index contributed by atoms with van der Waals surface area (Å²) in [5.41, 5.74) is 0.208. The van der Waals surface area contributed by atoms with Gasteiger partial charge in [-0.05, 0) is 36.0 Å². The predicted octanol–water partition coefficient (Wildman–Crippen LogP) is 5.07. The first kappa shape index (κ1) is 16.1. The van der Waals surface area contributed by atoms with E-state index in [9.17, 15) is 4.39 Å². The second-order valence-electron chi connectivity index (χ2n) is 4.33. The molecular formula is C14H19Cl2FS. The fourth-order valence-corrected chi connectivity index (χ4v) is 3.47. The Balaban J connectivity index is 2.83. The van der Waals surface area contributed by atoms with Crippen molar-refractivity contribution < 1.29 is 4.39 Å². The summed E-state index contributed by atoms with van der Waals surface area (Å²) >= 11 is 14.1. The average Bonchev–Trinajstić information content (AvgIpc) is 2.41. The minimum atomic E-state index is -0.442. The van der Waals surface area contributed by atoms with Gasteiger partial charge in [-0.2, -0.15) is 11.8 Å². The average molecular weight is 309 g/mol. The molecule has 1 aromatic rings. The van der Waals surface area contributed by atoms with Crippen LogP contribution >= 0.6 is 35.0 Å². The zero-order chi connectivity index (χ0) is 13.4. The molecule has 0 amide bonds. The lowest BCUT2D eigenvalue weighted by atomic mass is 9.80. The van der Waals surface area contributed by atoms with Crippen molar-refractivity contribution in [1.29, 1.82) is 0 Å². The lowest BCUT2D eigenvalue weighted by Crippen LogP contribution is -2.32. The highest BCUT2D eigenvalue weighted by molar-refractivity contribution is 7.99. The van der Waals surface area contributed by atoms with Crippen molar-refractivity contribution in [2.24, 2.45) is 0 Å². The molecule has 18 heavy (non-hydrogen) atoms. The molecule has 0 N–H and O–H groups in total. The Morgan fingerprint density at radius 1 is 1.22 bits per heavy atom. The van der Waals surface area contributed by atoms with E-state index in [0.29, 0.717) is 17.3 Å². The van der Waals surface area contributed by atoms with Gasteiger partial charge in [-0.1, -0.05) is 25.1 Å². The van der Waals surface area contributed by atoms with Crippen molar-refractivity contribution in [3.8, 4) is 0 Å². The van der Waals surface area contributed by atoms with Crippen molar-refractivity contribution in [2.75, 3.05) is 23.3 Å². The zero-order valence-corrected chi connectivity index (χ0v) is 12.9. The van der Waals surface area contributed by atoms with Crippen LogP contribution in [0.25, 0.3) is 0 Å². The summed E-state index contributed by atoms with van der Waals surface area (Å²) in [6, 6.07) is 6.81. The minimum Gasteiger partial charge on any atom is -0.207 e. The molecule has 0 spiro atoms. The van der Waals surface area contributed by atoms with Crippen molar-refractivity contribution in [1.82, 2.24) is 0 Å². The molecule has 0 saturated heterocycles. The number of hydrogen-bond acceptors (Lipinski definition) is 1. The Morgan fingerprint density at radius 2 is 1.89 bits per heavy atom. The smallest absolute Gasteiger partial charge is 0.127 e. The van der Waals surface area contributed by atoms with E-state index in [1.54, 1.807) is 12.1 Å². The first-order valence-electron chi connectivity index (χ1n) is 6.15. The molecule has 4 heteroatoms. The highest BCUT2D eigenvalue weighted by Gasteiger charge is 2.32. The predicted molar refractivity (Wildman–Crippen MR) is 81.8 cm³/mol. The van der Waals surface area contributed by atoms with Gasteiger partial charge in [-0.3, -0.25) is 0 Å². The minimum absolute atomic E-state index is 0.207. The number of halogens is 3. The molecule has 0 atom stereocenters. The lowest BCUT2D eigenvalue weighted by Gasteiger charge is -2.30. The summed E-state index contributed by atoms with van der Waals surface area (Å²) in [5, 5.41) is 0. The summed E-state index contributed by atoms with van der Waals surface area (Å²) in [6.45, 7) is 2.14. The van der Waals surface area contributed by atoms with Crippen LogP contribution in [-0.4, -0.2) is 23.3 Å².